The van der Waals surface area contributed by atoms with E-state index in [-0.39, 0.29) is 19.3 Å². The molecule has 1 aliphatic rings. The molecule has 0 heterocycles. The van der Waals surface area contributed by atoms with Crippen LogP contribution in [0, 0.1) is 11.8 Å². The summed E-state index contributed by atoms with van der Waals surface area (Å²) in [5.74, 6) is -3.05. The van der Waals surface area contributed by atoms with Crippen LogP contribution in [0.4, 0.5) is 22.0 Å². The molecule has 0 spiro atoms. The van der Waals surface area contributed by atoms with E-state index in [2.05, 4.69) is 5.32 Å². The molecule has 19 heavy (non-hydrogen) atoms. The van der Waals surface area contributed by atoms with Crippen molar-refractivity contribution < 1.29 is 31.9 Å². The molecule has 1 amide bonds. The molecular weight excluding hydrogens is 273 g/mol. The molecule has 0 bridgehead atoms. The Labute approximate surface area is 107 Å². The van der Waals surface area contributed by atoms with Gasteiger partial charge in [0.15, 0.2) is 0 Å². The van der Waals surface area contributed by atoms with Gasteiger partial charge < -0.3 is 10.4 Å². The molecule has 8 heteroatoms. The van der Waals surface area contributed by atoms with E-state index in [4.69, 9.17) is 5.11 Å². The van der Waals surface area contributed by atoms with Crippen molar-refractivity contribution in [1.29, 1.82) is 0 Å². The van der Waals surface area contributed by atoms with Crippen LogP contribution in [0.2, 0.25) is 0 Å². The van der Waals surface area contributed by atoms with E-state index in [1.807, 2.05) is 0 Å². The van der Waals surface area contributed by atoms with Crippen LogP contribution in [0.15, 0.2) is 0 Å². The summed E-state index contributed by atoms with van der Waals surface area (Å²) in [5, 5.41) is 10.9. The minimum atomic E-state index is -4.33. The highest BCUT2D eigenvalue weighted by atomic mass is 19.4. The van der Waals surface area contributed by atoms with Gasteiger partial charge in [-0.05, 0) is 19.3 Å². The number of alkyl halides is 5. The quantitative estimate of drug-likeness (QED) is 0.779. The zero-order chi connectivity index (χ0) is 14.6. The van der Waals surface area contributed by atoms with Gasteiger partial charge in [-0.25, -0.2) is 8.78 Å². The van der Waals surface area contributed by atoms with Gasteiger partial charge in [-0.15, -0.1) is 0 Å². The van der Waals surface area contributed by atoms with Crippen LogP contribution in [0.5, 0.6) is 0 Å². The Bertz CT molecular complexity index is 308. The largest absolute Gasteiger partial charge is 0.391 e. The molecule has 0 aromatic rings. The molecule has 2 N–H and O–H groups in total. The highest BCUT2D eigenvalue weighted by Crippen LogP contribution is 2.39. The van der Waals surface area contributed by atoms with Gasteiger partial charge >= 0.3 is 6.18 Å². The van der Waals surface area contributed by atoms with E-state index in [0.29, 0.717) is 6.42 Å². The molecule has 1 aliphatic carbocycles. The van der Waals surface area contributed by atoms with Crippen LogP contribution in [-0.2, 0) is 4.79 Å². The van der Waals surface area contributed by atoms with E-state index in [1.165, 1.54) is 0 Å². The molecule has 0 saturated heterocycles. The maximum Gasteiger partial charge on any atom is 0.391 e. The number of carbonyl (C=O) groups excluding carboxylic acids is 1. The fraction of sp³-hybridized carbons (Fsp3) is 0.909. The zero-order valence-electron chi connectivity index (χ0n) is 10.1. The number of amides is 1. The summed E-state index contributed by atoms with van der Waals surface area (Å²) in [5.41, 5.74) is 0. The first-order valence-electron chi connectivity index (χ1n) is 6.02. The maximum absolute atomic E-state index is 12.5. The van der Waals surface area contributed by atoms with Crippen molar-refractivity contribution >= 4 is 5.91 Å². The van der Waals surface area contributed by atoms with Crippen molar-refractivity contribution in [2.45, 2.75) is 44.4 Å². The Morgan fingerprint density at radius 1 is 1.32 bits per heavy atom. The molecule has 0 radical (unpaired) electrons. The number of rotatable bonds is 4. The number of halogens is 5. The maximum atomic E-state index is 12.5. The highest BCUT2D eigenvalue weighted by molar-refractivity contribution is 5.78. The van der Waals surface area contributed by atoms with E-state index in [9.17, 15) is 26.7 Å². The number of carbonyl (C=O) groups is 1. The van der Waals surface area contributed by atoms with E-state index in [1.54, 1.807) is 0 Å². The smallest absolute Gasteiger partial charge is 0.385 e. The summed E-state index contributed by atoms with van der Waals surface area (Å²) in [7, 11) is 0. The van der Waals surface area contributed by atoms with Gasteiger partial charge in [-0.1, -0.05) is 6.42 Å². The zero-order valence-corrected chi connectivity index (χ0v) is 10.1. The lowest BCUT2D eigenvalue weighted by Crippen LogP contribution is -2.41. The molecule has 1 rings (SSSR count). The lowest BCUT2D eigenvalue weighted by Gasteiger charge is -2.29. The first-order valence-corrected chi connectivity index (χ1v) is 6.02. The summed E-state index contributed by atoms with van der Waals surface area (Å²) in [6.45, 7) is -0.649. The van der Waals surface area contributed by atoms with Gasteiger partial charge in [0.2, 0.25) is 5.91 Å². The Morgan fingerprint density at radius 3 is 2.47 bits per heavy atom. The number of hydrogen-bond acceptors (Lipinski definition) is 2. The molecule has 0 aromatic carbocycles. The van der Waals surface area contributed by atoms with Gasteiger partial charge in [0.25, 0.3) is 6.43 Å². The van der Waals surface area contributed by atoms with Crippen molar-refractivity contribution in [2.24, 2.45) is 11.8 Å². The molecule has 3 atom stereocenters. The average Bonchev–Trinajstić information content (AvgIpc) is 2.34. The van der Waals surface area contributed by atoms with Gasteiger partial charge in [-0.2, -0.15) is 13.2 Å². The molecule has 1 saturated carbocycles. The molecule has 0 aliphatic heterocycles. The second kappa shape index (κ2) is 6.49. The molecule has 3 unspecified atom stereocenters. The first kappa shape index (κ1) is 16.1. The fourth-order valence-corrected chi connectivity index (χ4v) is 2.16. The van der Waals surface area contributed by atoms with Crippen LogP contribution < -0.4 is 5.32 Å². The van der Waals surface area contributed by atoms with Crippen LogP contribution in [0.3, 0.4) is 0 Å². The number of nitrogens with one attached hydrogen (secondary N) is 1. The summed E-state index contributed by atoms with van der Waals surface area (Å²) in [4.78, 5) is 11.6. The van der Waals surface area contributed by atoms with Gasteiger partial charge in [0.05, 0.1) is 5.92 Å². The van der Waals surface area contributed by atoms with Crippen LogP contribution in [-0.4, -0.2) is 36.3 Å². The molecule has 1 fully saturated rings. The number of aliphatic hydroxyl groups excluding tert-OH is 1. The lowest BCUT2D eigenvalue weighted by atomic mass is 9.80. The van der Waals surface area contributed by atoms with E-state index < -0.39 is 43.0 Å². The third-order valence-corrected chi connectivity index (χ3v) is 3.28. The molecular formula is C11H16F5NO2. The van der Waals surface area contributed by atoms with Gasteiger partial charge in [-0.3, -0.25) is 4.79 Å². The van der Waals surface area contributed by atoms with Crippen LogP contribution >= 0.6 is 0 Å². The van der Waals surface area contributed by atoms with Crippen molar-refractivity contribution in [2.75, 3.05) is 6.54 Å². The number of aliphatic hydroxyl groups is 1. The standard InChI is InChI=1S/C11H16F5NO2/c12-9(13)8(18)5-17-10(19)6-2-1-3-7(4-6)11(14,15)16/h6-9,18H,1-5H2,(H,17,19). The number of hydrogen-bond donors (Lipinski definition) is 2. The third kappa shape index (κ3) is 4.93. The second-order valence-corrected chi connectivity index (χ2v) is 4.75. The normalized spacial score (nSPS) is 26.3. The lowest BCUT2D eigenvalue weighted by molar-refractivity contribution is -0.186. The Kier molecular flexibility index (Phi) is 5.51. The van der Waals surface area contributed by atoms with E-state index >= 15 is 0 Å². The highest BCUT2D eigenvalue weighted by Gasteiger charge is 2.43. The van der Waals surface area contributed by atoms with Crippen LogP contribution in [0.1, 0.15) is 25.7 Å². The summed E-state index contributed by atoms with van der Waals surface area (Å²) >= 11 is 0. The first-order chi connectivity index (χ1) is 8.71. The monoisotopic (exact) mass is 289 g/mol. The minimum absolute atomic E-state index is 0.00700. The van der Waals surface area contributed by atoms with Crippen molar-refractivity contribution in [1.82, 2.24) is 5.32 Å². The summed E-state index contributed by atoms with van der Waals surface area (Å²) < 4.78 is 61.6. The fourth-order valence-electron chi connectivity index (χ4n) is 2.16. The van der Waals surface area contributed by atoms with Gasteiger partial charge in [0.1, 0.15) is 6.10 Å². The SMILES string of the molecule is O=C(NCC(O)C(F)F)C1CCCC(C(F)(F)F)C1. The van der Waals surface area contributed by atoms with Crippen LogP contribution in [0.25, 0.3) is 0 Å². The Morgan fingerprint density at radius 2 is 1.95 bits per heavy atom. The summed E-state index contributed by atoms with van der Waals surface area (Å²) in [6.07, 6.45) is -9.06. The summed E-state index contributed by atoms with van der Waals surface area (Å²) in [6, 6.07) is 0. The predicted molar refractivity (Wildman–Crippen MR) is 56.5 cm³/mol. The minimum Gasteiger partial charge on any atom is -0.385 e. The average molecular weight is 289 g/mol. The van der Waals surface area contributed by atoms with Crippen molar-refractivity contribution in [3.8, 4) is 0 Å². The Balaban J connectivity index is 2.44. The van der Waals surface area contributed by atoms with Crippen molar-refractivity contribution in [3.63, 3.8) is 0 Å². The van der Waals surface area contributed by atoms with E-state index in [0.717, 1.165) is 0 Å². The molecule has 0 aromatic heterocycles. The second-order valence-electron chi connectivity index (χ2n) is 4.75. The van der Waals surface area contributed by atoms with Crippen molar-refractivity contribution in [3.05, 3.63) is 0 Å². The molecule has 112 valence electrons. The Hall–Kier alpha value is -0.920. The molecule has 3 nitrogen and oxygen atoms in total. The topological polar surface area (TPSA) is 49.3 Å². The third-order valence-electron chi connectivity index (χ3n) is 3.28. The predicted octanol–water partition coefficient (Wildman–Crippen LogP) is 2.10. The van der Waals surface area contributed by atoms with Gasteiger partial charge in [0, 0.05) is 12.5 Å².